The number of carboxylic acids is 1. The lowest BCUT2D eigenvalue weighted by Gasteiger charge is -2.42. The van der Waals surface area contributed by atoms with Gasteiger partial charge in [0.2, 0.25) is 0 Å². The highest BCUT2D eigenvalue weighted by Gasteiger charge is 2.34. The first-order valence-corrected chi connectivity index (χ1v) is 7.96. The van der Waals surface area contributed by atoms with Gasteiger partial charge in [0.15, 0.2) is 0 Å². The maximum absolute atomic E-state index is 12.3. The number of amides is 1. The predicted molar refractivity (Wildman–Crippen MR) is 85.7 cm³/mol. The van der Waals surface area contributed by atoms with Crippen LogP contribution in [0.2, 0.25) is 0 Å². The molecule has 2 aromatic rings. The summed E-state index contributed by atoms with van der Waals surface area (Å²) >= 11 is 0. The minimum atomic E-state index is -0.826. The number of carbonyl (C=O) groups excluding carboxylic acids is 1. The SMILES string of the molecule is CCN(CC(=O)O)C1CC(NC(=O)c2cnc3onc(C)c3c2)C1. The molecule has 2 aromatic heterocycles. The molecule has 0 radical (unpaired) electrons. The van der Waals surface area contributed by atoms with Crippen LogP contribution in [0.25, 0.3) is 11.1 Å². The first-order chi connectivity index (χ1) is 11.5. The topological polar surface area (TPSA) is 109 Å². The first-order valence-electron chi connectivity index (χ1n) is 7.96. The third-order valence-electron chi connectivity index (χ3n) is 4.48. The summed E-state index contributed by atoms with van der Waals surface area (Å²) in [4.78, 5) is 29.2. The van der Waals surface area contributed by atoms with Crippen LogP contribution in [-0.4, -0.2) is 57.2 Å². The maximum atomic E-state index is 12.3. The van der Waals surface area contributed by atoms with E-state index >= 15 is 0 Å². The summed E-state index contributed by atoms with van der Waals surface area (Å²) in [7, 11) is 0. The lowest BCUT2D eigenvalue weighted by Crippen LogP contribution is -2.54. The van der Waals surface area contributed by atoms with Crippen molar-refractivity contribution in [2.75, 3.05) is 13.1 Å². The van der Waals surface area contributed by atoms with Gasteiger partial charge in [-0.3, -0.25) is 14.5 Å². The molecule has 0 aliphatic heterocycles. The number of aliphatic carboxylic acids is 1. The summed E-state index contributed by atoms with van der Waals surface area (Å²) in [6.07, 6.45) is 2.99. The third kappa shape index (κ3) is 3.23. The Hall–Kier alpha value is -2.48. The first kappa shape index (κ1) is 16.4. The van der Waals surface area contributed by atoms with Crippen LogP contribution in [0.15, 0.2) is 16.8 Å². The van der Waals surface area contributed by atoms with Gasteiger partial charge in [0.25, 0.3) is 11.6 Å². The zero-order valence-corrected chi connectivity index (χ0v) is 13.7. The second-order valence-electron chi connectivity index (χ2n) is 6.10. The molecule has 0 atom stereocenters. The summed E-state index contributed by atoms with van der Waals surface area (Å²) in [6.45, 7) is 4.46. The molecule has 8 nitrogen and oxygen atoms in total. The van der Waals surface area contributed by atoms with Gasteiger partial charge in [0.1, 0.15) is 0 Å². The van der Waals surface area contributed by atoms with Gasteiger partial charge >= 0.3 is 5.97 Å². The van der Waals surface area contributed by atoms with Crippen LogP contribution < -0.4 is 5.32 Å². The smallest absolute Gasteiger partial charge is 0.317 e. The van der Waals surface area contributed by atoms with Gasteiger partial charge in [0.05, 0.1) is 23.2 Å². The summed E-state index contributed by atoms with van der Waals surface area (Å²) in [5.74, 6) is -1.01. The van der Waals surface area contributed by atoms with E-state index in [1.165, 1.54) is 6.20 Å². The van der Waals surface area contributed by atoms with Crippen LogP contribution in [0, 0.1) is 6.92 Å². The fourth-order valence-electron chi connectivity index (χ4n) is 3.01. The summed E-state index contributed by atoms with van der Waals surface area (Å²) < 4.78 is 5.03. The normalized spacial score (nSPS) is 20.1. The molecule has 0 bridgehead atoms. The molecule has 0 unspecified atom stereocenters. The number of aryl methyl sites for hydroxylation is 1. The van der Waals surface area contributed by atoms with Gasteiger partial charge in [-0.05, 0) is 32.4 Å². The molecule has 2 heterocycles. The van der Waals surface area contributed by atoms with Crippen molar-refractivity contribution in [1.82, 2.24) is 20.4 Å². The number of carboxylic acid groups (broad SMARTS) is 1. The number of rotatable bonds is 6. The Morgan fingerprint density at radius 3 is 2.88 bits per heavy atom. The zero-order valence-electron chi connectivity index (χ0n) is 13.7. The predicted octanol–water partition coefficient (Wildman–Crippen LogP) is 1.20. The Balaban J connectivity index is 1.58. The van der Waals surface area contributed by atoms with E-state index in [1.54, 1.807) is 13.0 Å². The largest absolute Gasteiger partial charge is 0.480 e. The summed E-state index contributed by atoms with van der Waals surface area (Å²) in [6, 6.07) is 1.99. The average molecular weight is 332 g/mol. The Bertz CT molecular complexity index is 767. The molecule has 2 N–H and O–H groups in total. The van der Waals surface area contributed by atoms with Crippen molar-refractivity contribution < 1.29 is 19.2 Å². The van der Waals surface area contributed by atoms with Gasteiger partial charge in [-0.2, -0.15) is 0 Å². The van der Waals surface area contributed by atoms with Crippen molar-refractivity contribution in [2.24, 2.45) is 0 Å². The highest BCUT2D eigenvalue weighted by molar-refractivity contribution is 5.97. The molecular weight excluding hydrogens is 312 g/mol. The van der Waals surface area contributed by atoms with Crippen LogP contribution in [-0.2, 0) is 4.79 Å². The van der Waals surface area contributed by atoms with E-state index < -0.39 is 5.97 Å². The summed E-state index contributed by atoms with van der Waals surface area (Å²) in [5, 5.41) is 16.4. The summed E-state index contributed by atoms with van der Waals surface area (Å²) in [5.41, 5.74) is 1.58. The van der Waals surface area contributed by atoms with E-state index in [0.29, 0.717) is 23.5 Å². The quantitative estimate of drug-likeness (QED) is 0.818. The standard InChI is InChI=1S/C16H20N4O4/c1-3-20(8-14(21)22)12-5-11(6-12)18-15(23)10-4-13-9(2)19-24-16(13)17-7-10/h4,7,11-12H,3,5-6,8H2,1-2H3,(H,18,23)(H,21,22). The van der Waals surface area contributed by atoms with Crippen molar-refractivity contribution in [3.8, 4) is 0 Å². The number of carbonyl (C=O) groups is 2. The van der Waals surface area contributed by atoms with Crippen molar-refractivity contribution in [3.63, 3.8) is 0 Å². The third-order valence-corrected chi connectivity index (χ3v) is 4.48. The van der Waals surface area contributed by atoms with Crippen LogP contribution in [0.1, 0.15) is 35.8 Å². The van der Waals surface area contributed by atoms with Crippen molar-refractivity contribution >= 4 is 23.0 Å². The Kier molecular flexibility index (Phi) is 4.48. The number of hydrogen-bond acceptors (Lipinski definition) is 6. The second kappa shape index (κ2) is 6.56. The van der Waals surface area contributed by atoms with Gasteiger partial charge in [-0.1, -0.05) is 12.1 Å². The molecule has 0 aromatic carbocycles. The Morgan fingerprint density at radius 1 is 1.46 bits per heavy atom. The zero-order chi connectivity index (χ0) is 17.3. The van der Waals surface area contributed by atoms with Crippen molar-refractivity contribution in [1.29, 1.82) is 0 Å². The second-order valence-corrected chi connectivity index (χ2v) is 6.10. The molecule has 24 heavy (non-hydrogen) atoms. The lowest BCUT2D eigenvalue weighted by atomic mass is 9.85. The minimum absolute atomic E-state index is 0.0369. The Labute approximate surface area is 138 Å². The molecular formula is C16H20N4O4. The van der Waals surface area contributed by atoms with Gasteiger partial charge in [-0.15, -0.1) is 0 Å². The molecule has 0 spiro atoms. The fraction of sp³-hybridized carbons (Fsp3) is 0.500. The van der Waals surface area contributed by atoms with E-state index in [4.69, 9.17) is 9.63 Å². The monoisotopic (exact) mass is 332 g/mol. The van der Waals surface area contributed by atoms with Crippen molar-refractivity contribution in [2.45, 2.75) is 38.8 Å². The van der Waals surface area contributed by atoms with Crippen LogP contribution in [0.3, 0.4) is 0 Å². The molecule has 1 saturated carbocycles. The number of fused-ring (bicyclic) bond motifs is 1. The minimum Gasteiger partial charge on any atom is -0.480 e. The van der Waals surface area contributed by atoms with E-state index in [1.807, 2.05) is 11.8 Å². The Morgan fingerprint density at radius 2 is 2.21 bits per heavy atom. The fourth-order valence-corrected chi connectivity index (χ4v) is 3.01. The van der Waals surface area contributed by atoms with Gasteiger partial charge in [0, 0.05) is 18.3 Å². The molecule has 3 rings (SSSR count). The van der Waals surface area contributed by atoms with E-state index in [-0.39, 0.29) is 24.5 Å². The molecule has 1 aliphatic rings. The molecule has 1 amide bonds. The number of hydrogen-bond donors (Lipinski definition) is 2. The molecule has 1 fully saturated rings. The molecule has 0 saturated heterocycles. The lowest BCUT2D eigenvalue weighted by molar-refractivity contribution is -0.139. The molecule has 8 heteroatoms. The highest BCUT2D eigenvalue weighted by Crippen LogP contribution is 2.26. The number of likely N-dealkylation sites (N-methyl/N-ethyl adjacent to an activating group) is 1. The van der Waals surface area contributed by atoms with Crippen LogP contribution >= 0.6 is 0 Å². The van der Waals surface area contributed by atoms with Gasteiger partial charge in [-0.25, -0.2) is 4.98 Å². The van der Waals surface area contributed by atoms with E-state index in [2.05, 4.69) is 15.5 Å². The van der Waals surface area contributed by atoms with Crippen LogP contribution in [0.5, 0.6) is 0 Å². The number of nitrogens with one attached hydrogen (secondary N) is 1. The molecule has 128 valence electrons. The van der Waals surface area contributed by atoms with E-state index in [9.17, 15) is 9.59 Å². The average Bonchev–Trinajstić information content (AvgIpc) is 2.89. The van der Waals surface area contributed by atoms with Gasteiger partial charge < -0.3 is 14.9 Å². The van der Waals surface area contributed by atoms with Crippen molar-refractivity contribution in [3.05, 3.63) is 23.5 Å². The van der Waals surface area contributed by atoms with E-state index in [0.717, 1.165) is 18.2 Å². The van der Waals surface area contributed by atoms with Crippen LogP contribution in [0.4, 0.5) is 0 Å². The maximum Gasteiger partial charge on any atom is 0.317 e. The number of aromatic nitrogens is 2. The molecule has 1 aliphatic carbocycles. The highest BCUT2D eigenvalue weighted by atomic mass is 16.5. The number of nitrogens with zero attached hydrogens (tertiary/aromatic N) is 3. The number of pyridine rings is 1.